The number of hydrogen-bond acceptors (Lipinski definition) is 4. The van der Waals surface area contributed by atoms with E-state index in [0.717, 1.165) is 17.9 Å². The molecule has 4 N–H and O–H groups in total. The SMILES string of the molecule is NC(=O)CC(N)c1ccc(OCC2CO2)cc1. The average molecular weight is 236 g/mol. The molecular weight excluding hydrogens is 220 g/mol. The Morgan fingerprint density at radius 3 is 2.65 bits per heavy atom. The summed E-state index contributed by atoms with van der Waals surface area (Å²) >= 11 is 0. The lowest BCUT2D eigenvalue weighted by Gasteiger charge is -2.11. The van der Waals surface area contributed by atoms with E-state index in [1.165, 1.54) is 0 Å². The number of carbonyl (C=O) groups excluding carboxylic acids is 1. The van der Waals surface area contributed by atoms with Gasteiger partial charge < -0.3 is 20.9 Å². The number of carbonyl (C=O) groups is 1. The topological polar surface area (TPSA) is 90.9 Å². The Bertz CT molecular complexity index is 387. The van der Waals surface area contributed by atoms with Crippen molar-refractivity contribution >= 4 is 5.91 Å². The first kappa shape index (κ1) is 11.9. The Balaban J connectivity index is 1.89. The number of ether oxygens (including phenoxy) is 2. The zero-order valence-corrected chi connectivity index (χ0v) is 9.46. The van der Waals surface area contributed by atoms with Gasteiger partial charge in [0.15, 0.2) is 0 Å². The molecule has 0 bridgehead atoms. The van der Waals surface area contributed by atoms with Gasteiger partial charge >= 0.3 is 0 Å². The Morgan fingerprint density at radius 2 is 2.12 bits per heavy atom. The third-order valence-electron chi connectivity index (χ3n) is 2.57. The van der Waals surface area contributed by atoms with Crippen LogP contribution in [0.4, 0.5) is 0 Å². The Morgan fingerprint density at radius 1 is 1.47 bits per heavy atom. The number of rotatable bonds is 6. The molecule has 1 saturated heterocycles. The maximum absolute atomic E-state index is 10.7. The van der Waals surface area contributed by atoms with Crippen LogP contribution >= 0.6 is 0 Å². The number of primary amides is 1. The van der Waals surface area contributed by atoms with Crippen molar-refractivity contribution in [1.82, 2.24) is 0 Å². The largest absolute Gasteiger partial charge is 0.491 e. The predicted molar refractivity (Wildman–Crippen MR) is 62.4 cm³/mol. The van der Waals surface area contributed by atoms with Gasteiger partial charge in [0, 0.05) is 12.5 Å². The molecule has 1 aliphatic heterocycles. The van der Waals surface area contributed by atoms with Crippen LogP contribution in [-0.4, -0.2) is 25.2 Å². The fourth-order valence-electron chi connectivity index (χ4n) is 1.50. The number of benzene rings is 1. The summed E-state index contributed by atoms with van der Waals surface area (Å²) in [6, 6.07) is 7.00. The predicted octanol–water partition coefficient (Wildman–Crippen LogP) is 0.339. The van der Waals surface area contributed by atoms with Crippen LogP contribution in [-0.2, 0) is 9.53 Å². The summed E-state index contributed by atoms with van der Waals surface area (Å²) < 4.78 is 10.5. The average Bonchev–Trinajstić information content (AvgIpc) is 3.10. The molecule has 1 aromatic carbocycles. The zero-order valence-electron chi connectivity index (χ0n) is 9.46. The van der Waals surface area contributed by atoms with E-state index < -0.39 is 5.91 Å². The molecule has 0 aliphatic carbocycles. The third kappa shape index (κ3) is 3.72. The first-order chi connectivity index (χ1) is 8.15. The Kier molecular flexibility index (Phi) is 3.61. The first-order valence-corrected chi connectivity index (χ1v) is 5.53. The lowest BCUT2D eigenvalue weighted by molar-refractivity contribution is -0.118. The summed E-state index contributed by atoms with van der Waals surface area (Å²) in [5.41, 5.74) is 11.8. The van der Waals surface area contributed by atoms with Gasteiger partial charge in [0.2, 0.25) is 5.91 Å². The molecule has 1 aliphatic rings. The molecule has 0 saturated carbocycles. The van der Waals surface area contributed by atoms with Crippen molar-refractivity contribution in [3.05, 3.63) is 29.8 Å². The van der Waals surface area contributed by atoms with Crippen molar-refractivity contribution in [2.24, 2.45) is 11.5 Å². The highest BCUT2D eigenvalue weighted by atomic mass is 16.6. The van der Waals surface area contributed by atoms with Crippen LogP contribution in [0.1, 0.15) is 18.0 Å². The molecule has 1 aromatic rings. The van der Waals surface area contributed by atoms with Crippen LogP contribution in [0.25, 0.3) is 0 Å². The molecular formula is C12H16N2O3. The summed E-state index contributed by atoms with van der Waals surface area (Å²) in [6.07, 6.45) is 0.391. The normalized spacial score (nSPS) is 19.7. The van der Waals surface area contributed by atoms with E-state index in [1.54, 1.807) is 0 Å². The monoisotopic (exact) mass is 236 g/mol. The lowest BCUT2D eigenvalue weighted by Crippen LogP contribution is -2.20. The summed E-state index contributed by atoms with van der Waals surface area (Å²) in [7, 11) is 0. The van der Waals surface area contributed by atoms with Crippen molar-refractivity contribution in [2.75, 3.05) is 13.2 Å². The van der Waals surface area contributed by atoms with E-state index in [4.69, 9.17) is 20.9 Å². The highest BCUT2D eigenvalue weighted by Gasteiger charge is 2.23. The summed E-state index contributed by atoms with van der Waals surface area (Å²) in [5, 5.41) is 0. The van der Waals surface area contributed by atoms with E-state index in [-0.39, 0.29) is 18.6 Å². The molecule has 1 heterocycles. The van der Waals surface area contributed by atoms with E-state index in [2.05, 4.69) is 0 Å². The molecule has 2 atom stereocenters. The van der Waals surface area contributed by atoms with Crippen LogP contribution in [0, 0.1) is 0 Å². The maximum Gasteiger partial charge on any atom is 0.219 e. The fraction of sp³-hybridized carbons (Fsp3) is 0.417. The lowest BCUT2D eigenvalue weighted by atomic mass is 10.0. The molecule has 1 fully saturated rings. The van der Waals surface area contributed by atoms with Gasteiger partial charge in [-0.3, -0.25) is 4.79 Å². The second-order valence-corrected chi connectivity index (χ2v) is 4.11. The number of hydrogen-bond donors (Lipinski definition) is 2. The van der Waals surface area contributed by atoms with E-state index in [9.17, 15) is 4.79 Å². The quantitative estimate of drug-likeness (QED) is 0.697. The minimum Gasteiger partial charge on any atom is -0.491 e. The molecule has 0 aromatic heterocycles. The molecule has 5 heteroatoms. The first-order valence-electron chi connectivity index (χ1n) is 5.53. The second-order valence-electron chi connectivity index (χ2n) is 4.11. The minimum atomic E-state index is -0.399. The highest BCUT2D eigenvalue weighted by Crippen LogP contribution is 2.19. The standard InChI is InChI=1S/C12H16N2O3/c13-11(5-12(14)15)8-1-3-9(4-2-8)16-6-10-7-17-10/h1-4,10-11H,5-7,13H2,(H2,14,15). The number of nitrogens with two attached hydrogens (primary N) is 2. The molecule has 1 amide bonds. The van der Waals surface area contributed by atoms with E-state index in [1.807, 2.05) is 24.3 Å². The molecule has 17 heavy (non-hydrogen) atoms. The van der Waals surface area contributed by atoms with Gasteiger partial charge in [0.05, 0.1) is 6.61 Å². The van der Waals surface area contributed by atoms with Crippen LogP contribution < -0.4 is 16.2 Å². The molecule has 0 spiro atoms. The summed E-state index contributed by atoms with van der Waals surface area (Å²) in [6.45, 7) is 1.36. The van der Waals surface area contributed by atoms with Crippen LogP contribution in [0.2, 0.25) is 0 Å². The van der Waals surface area contributed by atoms with Gasteiger partial charge in [-0.15, -0.1) is 0 Å². The minimum absolute atomic E-state index is 0.149. The zero-order chi connectivity index (χ0) is 12.3. The molecule has 92 valence electrons. The van der Waals surface area contributed by atoms with Crippen molar-refractivity contribution in [3.8, 4) is 5.75 Å². The maximum atomic E-state index is 10.7. The van der Waals surface area contributed by atoms with Gasteiger partial charge in [-0.05, 0) is 17.7 Å². The Labute approximate surface area is 99.7 Å². The van der Waals surface area contributed by atoms with Gasteiger partial charge in [-0.25, -0.2) is 0 Å². The molecule has 2 unspecified atom stereocenters. The smallest absolute Gasteiger partial charge is 0.219 e. The second kappa shape index (κ2) is 5.16. The van der Waals surface area contributed by atoms with Crippen molar-refractivity contribution in [2.45, 2.75) is 18.6 Å². The highest BCUT2D eigenvalue weighted by molar-refractivity contribution is 5.74. The van der Waals surface area contributed by atoms with Crippen molar-refractivity contribution in [1.29, 1.82) is 0 Å². The molecule has 0 radical (unpaired) electrons. The summed E-state index contributed by atoms with van der Waals surface area (Å²) in [4.78, 5) is 10.7. The van der Waals surface area contributed by atoms with E-state index >= 15 is 0 Å². The molecule has 5 nitrogen and oxygen atoms in total. The number of amides is 1. The van der Waals surface area contributed by atoms with Crippen LogP contribution in [0.3, 0.4) is 0 Å². The Hall–Kier alpha value is -1.59. The van der Waals surface area contributed by atoms with E-state index in [0.29, 0.717) is 6.61 Å². The van der Waals surface area contributed by atoms with Crippen molar-refractivity contribution in [3.63, 3.8) is 0 Å². The molecule has 2 rings (SSSR count). The van der Waals surface area contributed by atoms with Crippen molar-refractivity contribution < 1.29 is 14.3 Å². The number of epoxide rings is 1. The van der Waals surface area contributed by atoms with Gasteiger partial charge in [0.1, 0.15) is 18.5 Å². The van der Waals surface area contributed by atoms with Gasteiger partial charge in [-0.1, -0.05) is 12.1 Å². The third-order valence-corrected chi connectivity index (χ3v) is 2.57. The van der Waals surface area contributed by atoms with Crippen LogP contribution in [0.5, 0.6) is 5.75 Å². The fourth-order valence-corrected chi connectivity index (χ4v) is 1.50. The van der Waals surface area contributed by atoms with Gasteiger partial charge in [0.25, 0.3) is 0 Å². The van der Waals surface area contributed by atoms with Gasteiger partial charge in [-0.2, -0.15) is 0 Å². The van der Waals surface area contributed by atoms with Crippen LogP contribution in [0.15, 0.2) is 24.3 Å². The summed E-state index contributed by atoms with van der Waals surface area (Å²) in [5.74, 6) is 0.374.